The second kappa shape index (κ2) is 6.92. The topological polar surface area (TPSA) is 66.8 Å². The lowest BCUT2D eigenvalue weighted by Gasteiger charge is -2.35. The van der Waals surface area contributed by atoms with Crippen molar-refractivity contribution in [2.45, 2.75) is 25.3 Å². The number of rotatable bonds is 4. The number of hydrogen-bond donors (Lipinski definition) is 1. The number of piperidine rings is 1. The molecule has 1 heterocycles. The molecule has 5 nitrogen and oxygen atoms in total. The van der Waals surface area contributed by atoms with Gasteiger partial charge >= 0.3 is 12.1 Å². The molecule has 21 heavy (non-hydrogen) atoms. The quantitative estimate of drug-likeness (QED) is 0.864. The van der Waals surface area contributed by atoms with Crippen molar-refractivity contribution in [2.24, 2.45) is 0 Å². The Morgan fingerprint density at radius 1 is 1.33 bits per heavy atom. The molecule has 1 aromatic rings. The largest absolute Gasteiger partial charge is 0.478 e. The average Bonchev–Trinajstić information content (AvgIpc) is 2.52. The van der Waals surface area contributed by atoms with Gasteiger partial charge in [0.1, 0.15) is 6.61 Å². The van der Waals surface area contributed by atoms with Gasteiger partial charge in [0.25, 0.3) is 0 Å². The minimum Gasteiger partial charge on any atom is -0.478 e. The van der Waals surface area contributed by atoms with Crippen LogP contribution in [0.4, 0.5) is 4.79 Å². The fourth-order valence-electron chi connectivity index (χ4n) is 2.56. The van der Waals surface area contributed by atoms with Crippen molar-refractivity contribution in [1.82, 2.24) is 4.90 Å². The van der Waals surface area contributed by atoms with Crippen LogP contribution in [0.1, 0.15) is 41.2 Å². The van der Waals surface area contributed by atoms with Crippen LogP contribution in [-0.2, 0) is 4.74 Å². The second-order valence-electron chi connectivity index (χ2n) is 5.00. The fraction of sp³-hybridized carbons (Fsp3) is 0.375. The van der Waals surface area contributed by atoms with E-state index in [1.807, 2.05) is 0 Å². The number of benzene rings is 1. The van der Waals surface area contributed by atoms with Crippen LogP contribution >= 0.6 is 0 Å². The molecule has 1 aliphatic heterocycles. The number of carbonyl (C=O) groups excluding carboxylic acids is 1. The molecule has 1 N–H and O–H groups in total. The molecule has 0 aromatic heterocycles. The van der Waals surface area contributed by atoms with Crippen LogP contribution in [0.5, 0.6) is 0 Å². The molecule has 0 spiro atoms. The first-order valence-corrected chi connectivity index (χ1v) is 7.01. The molecule has 112 valence electrons. The van der Waals surface area contributed by atoms with Gasteiger partial charge in [-0.15, -0.1) is 0 Å². The third-order valence-electron chi connectivity index (χ3n) is 3.60. The molecule has 0 aliphatic carbocycles. The number of carbonyl (C=O) groups is 2. The van der Waals surface area contributed by atoms with Crippen LogP contribution in [0, 0.1) is 0 Å². The molecule has 1 fully saturated rings. The summed E-state index contributed by atoms with van der Waals surface area (Å²) in [6.07, 6.45) is 4.04. The maximum absolute atomic E-state index is 12.1. The maximum atomic E-state index is 12.1. The Hall–Kier alpha value is -2.30. The van der Waals surface area contributed by atoms with E-state index < -0.39 is 5.97 Å². The summed E-state index contributed by atoms with van der Waals surface area (Å²) in [6.45, 7) is 4.38. The number of aromatic carboxylic acids is 1. The Labute approximate surface area is 123 Å². The third-order valence-corrected chi connectivity index (χ3v) is 3.60. The molecular formula is C16H19NO4. The SMILES string of the molecule is C=CCOC(=O)N1CCCCC1c1ccc(C(=O)O)cc1. The highest BCUT2D eigenvalue weighted by molar-refractivity contribution is 5.87. The highest BCUT2D eigenvalue weighted by Crippen LogP contribution is 2.31. The van der Waals surface area contributed by atoms with E-state index in [9.17, 15) is 9.59 Å². The van der Waals surface area contributed by atoms with Crippen molar-refractivity contribution in [1.29, 1.82) is 0 Å². The Kier molecular flexibility index (Phi) is 4.98. The highest BCUT2D eigenvalue weighted by atomic mass is 16.6. The molecule has 1 atom stereocenters. The number of nitrogens with zero attached hydrogens (tertiary/aromatic N) is 1. The molecular weight excluding hydrogens is 270 g/mol. The molecule has 1 saturated heterocycles. The van der Waals surface area contributed by atoms with E-state index in [0.717, 1.165) is 24.8 Å². The fourth-order valence-corrected chi connectivity index (χ4v) is 2.56. The van der Waals surface area contributed by atoms with E-state index in [4.69, 9.17) is 9.84 Å². The highest BCUT2D eigenvalue weighted by Gasteiger charge is 2.28. The first-order chi connectivity index (χ1) is 10.1. The lowest BCUT2D eigenvalue weighted by atomic mass is 9.95. The van der Waals surface area contributed by atoms with E-state index in [1.54, 1.807) is 35.2 Å². The van der Waals surface area contributed by atoms with Gasteiger partial charge in [-0.25, -0.2) is 9.59 Å². The van der Waals surface area contributed by atoms with Gasteiger partial charge in [0.15, 0.2) is 0 Å². The minimum absolute atomic E-state index is 0.0566. The van der Waals surface area contributed by atoms with Gasteiger partial charge in [0.2, 0.25) is 0 Å². The van der Waals surface area contributed by atoms with Crippen LogP contribution in [0.2, 0.25) is 0 Å². The molecule has 2 rings (SSSR count). The van der Waals surface area contributed by atoms with Crippen molar-refractivity contribution in [3.8, 4) is 0 Å². The Balaban J connectivity index is 2.15. The summed E-state index contributed by atoms with van der Waals surface area (Å²) in [5.74, 6) is -0.951. The van der Waals surface area contributed by atoms with Gasteiger partial charge in [-0.1, -0.05) is 24.8 Å². The molecule has 5 heteroatoms. The summed E-state index contributed by atoms with van der Waals surface area (Å²) in [5.41, 5.74) is 1.19. The maximum Gasteiger partial charge on any atom is 0.410 e. The number of likely N-dealkylation sites (tertiary alicyclic amines) is 1. The normalized spacial score (nSPS) is 18.1. The zero-order chi connectivity index (χ0) is 15.2. The first kappa shape index (κ1) is 15.1. The number of carboxylic acids is 1. The van der Waals surface area contributed by atoms with Crippen molar-refractivity contribution in [3.05, 3.63) is 48.0 Å². The summed E-state index contributed by atoms with van der Waals surface area (Å²) in [7, 11) is 0. The van der Waals surface area contributed by atoms with Gasteiger partial charge < -0.3 is 14.7 Å². The summed E-state index contributed by atoms with van der Waals surface area (Å²) in [4.78, 5) is 24.7. The molecule has 0 saturated carbocycles. The van der Waals surface area contributed by atoms with Crippen LogP contribution in [0.25, 0.3) is 0 Å². The lowest BCUT2D eigenvalue weighted by molar-refractivity contribution is 0.0695. The zero-order valence-corrected chi connectivity index (χ0v) is 11.8. The molecule has 1 unspecified atom stereocenters. The first-order valence-electron chi connectivity index (χ1n) is 7.01. The summed E-state index contributed by atoms with van der Waals surface area (Å²) >= 11 is 0. The summed E-state index contributed by atoms with van der Waals surface area (Å²) in [5, 5.41) is 8.93. The van der Waals surface area contributed by atoms with E-state index in [1.165, 1.54) is 0 Å². The van der Waals surface area contributed by atoms with Gasteiger partial charge in [-0.2, -0.15) is 0 Å². The number of amides is 1. The van der Waals surface area contributed by atoms with Crippen molar-refractivity contribution in [3.63, 3.8) is 0 Å². The van der Waals surface area contributed by atoms with Gasteiger partial charge in [-0.05, 0) is 37.0 Å². The zero-order valence-electron chi connectivity index (χ0n) is 11.8. The van der Waals surface area contributed by atoms with E-state index >= 15 is 0 Å². The van der Waals surface area contributed by atoms with Crippen LogP contribution in [-0.4, -0.2) is 35.2 Å². The second-order valence-corrected chi connectivity index (χ2v) is 5.00. The average molecular weight is 289 g/mol. The van der Waals surface area contributed by atoms with Crippen molar-refractivity contribution >= 4 is 12.1 Å². The van der Waals surface area contributed by atoms with E-state index in [2.05, 4.69) is 6.58 Å². The van der Waals surface area contributed by atoms with Crippen molar-refractivity contribution in [2.75, 3.05) is 13.2 Å². The number of hydrogen-bond acceptors (Lipinski definition) is 3. The van der Waals surface area contributed by atoms with Crippen LogP contribution in [0.15, 0.2) is 36.9 Å². The summed E-state index contributed by atoms with van der Waals surface area (Å²) < 4.78 is 5.12. The van der Waals surface area contributed by atoms with Gasteiger partial charge in [0, 0.05) is 6.54 Å². The van der Waals surface area contributed by atoms with Gasteiger partial charge in [0.05, 0.1) is 11.6 Å². The molecule has 0 bridgehead atoms. The third kappa shape index (κ3) is 3.62. The molecule has 1 amide bonds. The number of carboxylic acid groups (broad SMARTS) is 1. The minimum atomic E-state index is -0.951. The Morgan fingerprint density at radius 2 is 2.05 bits per heavy atom. The van der Waals surface area contributed by atoms with E-state index in [-0.39, 0.29) is 24.3 Å². The number of ether oxygens (including phenoxy) is 1. The lowest BCUT2D eigenvalue weighted by Crippen LogP contribution is -2.38. The van der Waals surface area contributed by atoms with Crippen molar-refractivity contribution < 1.29 is 19.4 Å². The predicted octanol–water partition coefficient (Wildman–Crippen LogP) is 3.23. The Morgan fingerprint density at radius 3 is 2.67 bits per heavy atom. The van der Waals surface area contributed by atoms with E-state index in [0.29, 0.717) is 6.54 Å². The Bertz CT molecular complexity index is 524. The van der Waals surface area contributed by atoms with Crippen LogP contribution in [0.3, 0.4) is 0 Å². The predicted molar refractivity (Wildman–Crippen MR) is 78.2 cm³/mol. The molecule has 0 radical (unpaired) electrons. The van der Waals surface area contributed by atoms with Crippen LogP contribution < -0.4 is 0 Å². The standard InChI is InChI=1S/C16H19NO4/c1-2-11-21-16(20)17-10-4-3-5-14(17)12-6-8-13(9-7-12)15(18)19/h2,6-9,14H,1,3-5,10-11H2,(H,18,19). The smallest absolute Gasteiger partial charge is 0.410 e. The summed E-state index contributed by atoms with van der Waals surface area (Å²) in [6, 6.07) is 6.62. The molecule has 1 aromatic carbocycles. The molecule has 1 aliphatic rings. The van der Waals surface area contributed by atoms with Gasteiger partial charge in [-0.3, -0.25) is 0 Å². The monoisotopic (exact) mass is 289 g/mol.